The van der Waals surface area contributed by atoms with Gasteiger partial charge >= 0.3 is 11.9 Å². The van der Waals surface area contributed by atoms with Gasteiger partial charge in [0.1, 0.15) is 0 Å². The van der Waals surface area contributed by atoms with Crippen LogP contribution in [0.25, 0.3) is 16.6 Å². The van der Waals surface area contributed by atoms with E-state index in [2.05, 4.69) is 4.98 Å². The predicted octanol–water partition coefficient (Wildman–Crippen LogP) is 2.74. The number of esters is 2. The average molecular weight is 366 g/mol. The number of hydrogen-bond acceptors (Lipinski definition) is 6. The summed E-state index contributed by atoms with van der Waals surface area (Å²) in [4.78, 5) is 41.5. The summed E-state index contributed by atoms with van der Waals surface area (Å²) in [7, 11) is 0. The Kier molecular flexibility index (Phi) is 5.30. The molecule has 0 fully saturated rings. The Balaban J connectivity index is 2.18. The van der Waals surface area contributed by atoms with Crippen LogP contribution in [0.2, 0.25) is 0 Å². The molecule has 3 aromatic rings. The van der Waals surface area contributed by atoms with Crippen LogP contribution in [0, 0.1) is 0 Å². The van der Waals surface area contributed by atoms with Crippen molar-refractivity contribution >= 4 is 22.8 Å². The Bertz CT molecular complexity index is 1050. The Morgan fingerprint density at radius 2 is 1.56 bits per heavy atom. The molecule has 0 saturated carbocycles. The maximum atomic E-state index is 13.0. The molecular weight excluding hydrogens is 348 g/mol. The maximum absolute atomic E-state index is 13.0. The average Bonchev–Trinajstić information content (AvgIpc) is 2.68. The molecule has 0 aliphatic rings. The van der Waals surface area contributed by atoms with Gasteiger partial charge in [0.2, 0.25) is 5.82 Å². The zero-order valence-electron chi connectivity index (χ0n) is 15.0. The third-order valence-electron chi connectivity index (χ3n) is 3.87. The van der Waals surface area contributed by atoms with Crippen molar-refractivity contribution in [1.29, 1.82) is 0 Å². The van der Waals surface area contributed by atoms with E-state index in [1.165, 1.54) is 16.7 Å². The summed E-state index contributed by atoms with van der Waals surface area (Å²) >= 11 is 0. The molecule has 0 spiro atoms. The normalized spacial score (nSPS) is 10.6. The van der Waals surface area contributed by atoms with Crippen LogP contribution in [-0.2, 0) is 9.47 Å². The molecule has 1 aromatic heterocycles. The van der Waals surface area contributed by atoms with Crippen LogP contribution in [0.1, 0.15) is 34.8 Å². The van der Waals surface area contributed by atoms with Crippen LogP contribution >= 0.6 is 0 Å². The van der Waals surface area contributed by atoms with Crippen LogP contribution in [0.5, 0.6) is 0 Å². The SMILES string of the molecule is CCOC(=O)c1ccc(-n2c(C(=O)OCC)nc3ccccc3c2=O)cc1. The molecule has 0 aliphatic carbocycles. The standard InChI is InChI=1S/C20H18N2O5/c1-3-26-19(24)13-9-11-14(12-10-13)22-17(20(25)27-4-2)21-16-8-6-5-7-15(16)18(22)23/h5-12H,3-4H2,1-2H3. The van der Waals surface area contributed by atoms with Crippen LogP contribution in [0.15, 0.2) is 53.3 Å². The van der Waals surface area contributed by atoms with E-state index in [0.29, 0.717) is 22.2 Å². The van der Waals surface area contributed by atoms with Gasteiger partial charge < -0.3 is 9.47 Å². The molecule has 0 N–H and O–H groups in total. The molecule has 0 atom stereocenters. The smallest absolute Gasteiger partial charge is 0.375 e. The summed E-state index contributed by atoms with van der Waals surface area (Å²) in [6.07, 6.45) is 0. The van der Waals surface area contributed by atoms with E-state index in [0.717, 1.165) is 0 Å². The van der Waals surface area contributed by atoms with Crippen LogP contribution in [-0.4, -0.2) is 34.7 Å². The molecule has 0 bridgehead atoms. The minimum Gasteiger partial charge on any atom is -0.462 e. The van der Waals surface area contributed by atoms with E-state index in [9.17, 15) is 14.4 Å². The number of hydrogen-bond donors (Lipinski definition) is 0. The molecule has 0 radical (unpaired) electrons. The molecule has 7 heteroatoms. The lowest BCUT2D eigenvalue weighted by Gasteiger charge is -2.13. The van der Waals surface area contributed by atoms with Gasteiger partial charge in [-0.2, -0.15) is 0 Å². The van der Waals surface area contributed by atoms with E-state index in [1.807, 2.05) is 0 Å². The first kappa shape index (κ1) is 18.3. The minimum absolute atomic E-state index is 0.121. The first-order valence-corrected chi connectivity index (χ1v) is 8.53. The van der Waals surface area contributed by atoms with Crippen molar-refractivity contribution in [3.05, 3.63) is 70.3 Å². The van der Waals surface area contributed by atoms with Gasteiger partial charge in [-0.1, -0.05) is 12.1 Å². The van der Waals surface area contributed by atoms with Gasteiger partial charge in [0.25, 0.3) is 5.56 Å². The first-order chi connectivity index (χ1) is 13.1. The second-order valence-electron chi connectivity index (χ2n) is 5.58. The molecule has 2 aromatic carbocycles. The van der Waals surface area contributed by atoms with Crippen molar-refractivity contribution < 1.29 is 19.1 Å². The highest BCUT2D eigenvalue weighted by atomic mass is 16.5. The number of benzene rings is 2. The minimum atomic E-state index is -0.699. The van der Waals surface area contributed by atoms with Crippen molar-refractivity contribution in [2.45, 2.75) is 13.8 Å². The van der Waals surface area contributed by atoms with Crippen LogP contribution < -0.4 is 5.56 Å². The quantitative estimate of drug-likeness (QED) is 0.645. The van der Waals surface area contributed by atoms with Gasteiger partial charge in [-0.3, -0.25) is 9.36 Å². The molecule has 3 rings (SSSR count). The van der Waals surface area contributed by atoms with Gasteiger partial charge in [0.15, 0.2) is 0 Å². The van der Waals surface area contributed by atoms with E-state index >= 15 is 0 Å². The lowest BCUT2D eigenvalue weighted by atomic mass is 10.2. The van der Waals surface area contributed by atoms with Crippen molar-refractivity contribution in [2.75, 3.05) is 13.2 Å². The summed E-state index contributed by atoms with van der Waals surface area (Å²) < 4.78 is 11.2. The van der Waals surface area contributed by atoms with Gasteiger partial charge in [0.05, 0.1) is 35.4 Å². The predicted molar refractivity (Wildman–Crippen MR) is 99.3 cm³/mol. The maximum Gasteiger partial charge on any atom is 0.375 e. The summed E-state index contributed by atoms with van der Waals surface area (Å²) in [5.74, 6) is -1.28. The van der Waals surface area contributed by atoms with E-state index in [4.69, 9.17) is 9.47 Å². The number of para-hydroxylation sites is 1. The molecule has 0 amide bonds. The zero-order valence-corrected chi connectivity index (χ0v) is 15.0. The molecule has 138 valence electrons. The Morgan fingerprint density at radius 1 is 0.926 bits per heavy atom. The lowest BCUT2D eigenvalue weighted by molar-refractivity contribution is 0.0503. The highest BCUT2D eigenvalue weighted by Crippen LogP contribution is 2.15. The van der Waals surface area contributed by atoms with Crippen molar-refractivity contribution in [3.63, 3.8) is 0 Å². The Labute approximate surface area is 155 Å². The van der Waals surface area contributed by atoms with Gasteiger partial charge in [-0.25, -0.2) is 14.6 Å². The Morgan fingerprint density at radius 3 is 2.22 bits per heavy atom. The fourth-order valence-corrected chi connectivity index (χ4v) is 2.67. The highest BCUT2D eigenvalue weighted by Gasteiger charge is 2.20. The van der Waals surface area contributed by atoms with Crippen LogP contribution in [0.3, 0.4) is 0 Å². The highest BCUT2D eigenvalue weighted by molar-refractivity contribution is 5.91. The second kappa shape index (κ2) is 7.82. The monoisotopic (exact) mass is 366 g/mol. The largest absolute Gasteiger partial charge is 0.462 e. The number of ether oxygens (including phenoxy) is 2. The molecular formula is C20H18N2O5. The van der Waals surface area contributed by atoms with Crippen LogP contribution in [0.4, 0.5) is 0 Å². The zero-order chi connectivity index (χ0) is 19.4. The van der Waals surface area contributed by atoms with E-state index in [1.54, 1.807) is 50.2 Å². The van der Waals surface area contributed by atoms with E-state index < -0.39 is 17.5 Å². The summed E-state index contributed by atoms with van der Waals surface area (Å²) in [6, 6.07) is 13.0. The van der Waals surface area contributed by atoms with E-state index in [-0.39, 0.29) is 19.0 Å². The Hall–Kier alpha value is -3.48. The summed E-state index contributed by atoms with van der Waals surface area (Å²) in [5, 5.41) is 0.375. The van der Waals surface area contributed by atoms with Crippen molar-refractivity contribution in [2.24, 2.45) is 0 Å². The lowest BCUT2D eigenvalue weighted by Crippen LogP contribution is -2.27. The number of rotatable bonds is 5. The van der Waals surface area contributed by atoms with Crippen molar-refractivity contribution in [3.8, 4) is 5.69 Å². The second-order valence-corrected chi connectivity index (χ2v) is 5.58. The first-order valence-electron chi connectivity index (χ1n) is 8.53. The number of nitrogens with zero attached hydrogens (tertiary/aromatic N) is 2. The molecule has 0 unspecified atom stereocenters. The number of carbonyl (C=O) groups is 2. The molecule has 0 saturated heterocycles. The molecule has 0 aliphatic heterocycles. The van der Waals surface area contributed by atoms with Gasteiger partial charge in [-0.05, 0) is 50.2 Å². The fraction of sp³-hybridized carbons (Fsp3) is 0.200. The number of fused-ring (bicyclic) bond motifs is 1. The topological polar surface area (TPSA) is 87.5 Å². The molecule has 1 heterocycles. The fourth-order valence-electron chi connectivity index (χ4n) is 2.67. The van der Waals surface area contributed by atoms with Gasteiger partial charge in [-0.15, -0.1) is 0 Å². The number of carbonyl (C=O) groups excluding carboxylic acids is 2. The number of aromatic nitrogens is 2. The van der Waals surface area contributed by atoms with Crippen molar-refractivity contribution in [1.82, 2.24) is 9.55 Å². The summed E-state index contributed by atoms with van der Waals surface area (Å²) in [5.41, 5.74) is 0.756. The third kappa shape index (κ3) is 3.57. The third-order valence-corrected chi connectivity index (χ3v) is 3.87. The molecule has 7 nitrogen and oxygen atoms in total. The summed E-state index contributed by atoms with van der Waals surface area (Å²) in [6.45, 7) is 3.82. The molecule has 27 heavy (non-hydrogen) atoms. The van der Waals surface area contributed by atoms with Gasteiger partial charge in [0, 0.05) is 0 Å².